The second-order valence-electron chi connectivity index (χ2n) is 6.32. The van der Waals surface area contributed by atoms with E-state index in [9.17, 15) is 18.0 Å². The fourth-order valence-corrected chi connectivity index (χ4v) is 2.65. The van der Waals surface area contributed by atoms with E-state index in [1.807, 2.05) is 13.8 Å². The quantitative estimate of drug-likeness (QED) is 0.931. The molecule has 0 radical (unpaired) electrons. The second-order valence-corrected chi connectivity index (χ2v) is 6.32. The first-order valence-electron chi connectivity index (χ1n) is 7.61. The molecular formula is C16H17F3N4O. The average molecular weight is 338 g/mol. The molecule has 0 spiro atoms. The zero-order valence-corrected chi connectivity index (χ0v) is 13.3. The Bertz CT molecular complexity index is 791. The summed E-state index contributed by atoms with van der Waals surface area (Å²) >= 11 is 0. The predicted octanol–water partition coefficient (Wildman–Crippen LogP) is 2.93. The minimum Gasteiger partial charge on any atom is -0.369 e. The van der Waals surface area contributed by atoms with Gasteiger partial charge in [-0.25, -0.2) is 9.67 Å². The van der Waals surface area contributed by atoms with Gasteiger partial charge in [-0.2, -0.15) is 18.3 Å². The summed E-state index contributed by atoms with van der Waals surface area (Å²) in [6.45, 7) is 3.67. The number of carbonyl (C=O) groups is 1. The summed E-state index contributed by atoms with van der Waals surface area (Å²) in [6.07, 6.45) is -3.61. The molecule has 5 nitrogen and oxygen atoms in total. The number of hydrogen-bond donors (Lipinski definition) is 1. The van der Waals surface area contributed by atoms with Gasteiger partial charge in [-0.15, -0.1) is 0 Å². The van der Waals surface area contributed by atoms with Crippen molar-refractivity contribution < 1.29 is 18.0 Å². The van der Waals surface area contributed by atoms with Crippen LogP contribution in [0.15, 0.2) is 24.3 Å². The summed E-state index contributed by atoms with van der Waals surface area (Å²) < 4.78 is 41.2. The molecule has 3 rings (SSSR count). The van der Waals surface area contributed by atoms with Gasteiger partial charge in [-0.3, -0.25) is 4.79 Å². The lowest BCUT2D eigenvalue weighted by atomic mass is 10.1. The monoisotopic (exact) mass is 338 g/mol. The van der Waals surface area contributed by atoms with Gasteiger partial charge < -0.3 is 5.73 Å². The van der Waals surface area contributed by atoms with Crippen molar-refractivity contribution in [2.45, 2.75) is 44.2 Å². The molecule has 1 aromatic heterocycles. The van der Waals surface area contributed by atoms with Gasteiger partial charge in [0.1, 0.15) is 11.2 Å². The molecule has 0 aliphatic heterocycles. The Balaban J connectivity index is 2.25. The highest BCUT2D eigenvalue weighted by Crippen LogP contribution is 2.48. The van der Waals surface area contributed by atoms with E-state index in [2.05, 4.69) is 10.1 Å². The van der Waals surface area contributed by atoms with Crippen LogP contribution >= 0.6 is 0 Å². The fourth-order valence-electron chi connectivity index (χ4n) is 2.65. The number of nitrogens with zero attached hydrogens (tertiary/aromatic N) is 3. The van der Waals surface area contributed by atoms with Gasteiger partial charge in [0.15, 0.2) is 5.82 Å². The Morgan fingerprint density at radius 1 is 1.29 bits per heavy atom. The summed E-state index contributed by atoms with van der Waals surface area (Å²) in [6, 6.07) is 5.12. The molecule has 1 aliphatic rings. The maximum absolute atomic E-state index is 13.3. The molecular weight excluding hydrogens is 321 g/mol. The molecule has 8 heteroatoms. The molecule has 0 bridgehead atoms. The molecule has 1 saturated carbocycles. The number of para-hydroxylation sites is 1. The number of benzene rings is 1. The van der Waals surface area contributed by atoms with Gasteiger partial charge in [0.25, 0.3) is 0 Å². The Hall–Kier alpha value is -2.38. The van der Waals surface area contributed by atoms with Crippen LogP contribution in [0.25, 0.3) is 5.69 Å². The number of nitrogens with two attached hydrogens (primary N) is 1. The molecule has 24 heavy (non-hydrogen) atoms. The summed E-state index contributed by atoms with van der Waals surface area (Å²) in [5.74, 6) is -0.104. The lowest BCUT2D eigenvalue weighted by Crippen LogP contribution is -2.31. The number of hydrogen-bond acceptors (Lipinski definition) is 3. The number of halogens is 3. The van der Waals surface area contributed by atoms with Crippen LogP contribution < -0.4 is 5.73 Å². The van der Waals surface area contributed by atoms with E-state index < -0.39 is 23.1 Å². The maximum atomic E-state index is 13.3. The Labute approximate surface area is 136 Å². The van der Waals surface area contributed by atoms with E-state index in [0.717, 1.165) is 10.7 Å². The minimum atomic E-state index is -4.54. The highest BCUT2D eigenvalue weighted by molar-refractivity contribution is 5.89. The van der Waals surface area contributed by atoms with Crippen LogP contribution in [0, 0.1) is 0 Å². The number of rotatable bonds is 4. The van der Waals surface area contributed by atoms with E-state index >= 15 is 0 Å². The SMILES string of the molecule is CC(C)c1nc(C2(C(N)=O)CC2)n(-c2ccccc2C(F)(F)F)n1. The van der Waals surface area contributed by atoms with Crippen molar-refractivity contribution in [2.75, 3.05) is 0 Å². The molecule has 2 aromatic rings. The molecule has 0 unspecified atom stereocenters. The van der Waals surface area contributed by atoms with Crippen molar-refractivity contribution in [1.29, 1.82) is 0 Å². The number of amides is 1. The van der Waals surface area contributed by atoms with Crippen LogP contribution in [-0.4, -0.2) is 20.7 Å². The smallest absolute Gasteiger partial charge is 0.369 e. The van der Waals surface area contributed by atoms with E-state index in [1.54, 1.807) is 0 Å². The Morgan fingerprint density at radius 3 is 2.42 bits per heavy atom. The van der Waals surface area contributed by atoms with Crippen molar-refractivity contribution in [3.8, 4) is 5.69 Å². The van der Waals surface area contributed by atoms with E-state index in [1.165, 1.54) is 18.2 Å². The number of primary amides is 1. The van der Waals surface area contributed by atoms with E-state index in [0.29, 0.717) is 18.7 Å². The highest BCUT2D eigenvalue weighted by Gasteiger charge is 2.54. The first kappa shape index (κ1) is 16.5. The van der Waals surface area contributed by atoms with Crippen molar-refractivity contribution >= 4 is 5.91 Å². The summed E-state index contributed by atoms with van der Waals surface area (Å²) in [5, 5.41) is 4.24. The molecule has 1 aromatic carbocycles. The number of aromatic nitrogens is 3. The van der Waals surface area contributed by atoms with E-state index in [-0.39, 0.29) is 17.4 Å². The molecule has 1 amide bonds. The van der Waals surface area contributed by atoms with Crippen molar-refractivity contribution in [3.05, 3.63) is 41.5 Å². The Kier molecular flexibility index (Phi) is 3.65. The average Bonchev–Trinajstić information content (AvgIpc) is 3.19. The van der Waals surface area contributed by atoms with Crippen LogP contribution in [0.5, 0.6) is 0 Å². The first-order chi connectivity index (χ1) is 11.2. The standard InChI is InChI=1S/C16H17F3N4O/c1-9(2)12-21-14(15(7-8-15)13(20)24)23(22-12)11-6-4-3-5-10(11)16(17,18)19/h3-6,9H,7-8H2,1-2H3,(H2,20,24). The normalized spacial score (nSPS) is 16.4. The summed E-state index contributed by atoms with van der Waals surface area (Å²) in [4.78, 5) is 16.2. The van der Waals surface area contributed by atoms with Crippen LogP contribution in [0.2, 0.25) is 0 Å². The van der Waals surface area contributed by atoms with Crippen molar-refractivity contribution in [1.82, 2.24) is 14.8 Å². The molecule has 0 atom stereocenters. The molecule has 0 saturated heterocycles. The maximum Gasteiger partial charge on any atom is 0.418 e. The first-order valence-corrected chi connectivity index (χ1v) is 7.61. The lowest BCUT2D eigenvalue weighted by Gasteiger charge is -2.16. The largest absolute Gasteiger partial charge is 0.418 e. The number of carbonyl (C=O) groups excluding carboxylic acids is 1. The van der Waals surface area contributed by atoms with Crippen LogP contribution in [-0.2, 0) is 16.4 Å². The van der Waals surface area contributed by atoms with Gasteiger partial charge in [0.05, 0.1) is 11.3 Å². The van der Waals surface area contributed by atoms with Gasteiger partial charge in [0, 0.05) is 5.92 Å². The molecule has 1 aliphatic carbocycles. The summed E-state index contributed by atoms with van der Waals surface area (Å²) in [5.41, 5.74) is 3.48. The van der Waals surface area contributed by atoms with Crippen molar-refractivity contribution in [2.24, 2.45) is 5.73 Å². The van der Waals surface area contributed by atoms with Crippen molar-refractivity contribution in [3.63, 3.8) is 0 Å². The number of alkyl halides is 3. The third-order valence-corrected chi connectivity index (χ3v) is 4.23. The molecule has 128 valence electrons. The van der Waals surface area contributed by atoms with Gasteiger partial charge in [-0.1, -0.05) is 26.0 Å². The molecule has 1 fully saturated rings. The summed E-state index contributed by atoms with van der Waals surface area (Å²) in [7, 11) is 0. The predicted molar refractivity (Wildman–Crippen MR) is 80.6 cm³/mol. The van der Waals surface area contributed by atoms with Crippen LogP contribution in [0.1, 0.15) is 49.8 Å². The zero-order chi connectivity index (χ0) is 17.7. The van der Waals surface area contributed by atoms with Crippen LogP contribution in [0.4, 0.5) is 13.2 Å². The highest BCUT2D eigenvalue weighted by atomic mass is 19.4. The van der Waals surface area contributed by atoms with Crippen LogP contribution in [0.3, 0.4) is 0 Å². The second kappa shape index (κ2) is 5.32. The van der Waals surface area contributed by atoms with E-state index in [4.69, 9.17) is 5.73 Å². The Morgan fingerprint density at radius 2 is 1.92 bits per heavy atom. The van der Waals surface area contributed by atoms with Gasteiger partial charge in [0.2, 0.25) is 5.91 Å². The minimum absolute atomic E-state index is 0.0910. The fraction of sp³-hybridized carbons (Fsp3) is 0.438. The zero-order valence-electron chi connectivity index (χ0n) is 13.3. The molecule has 2 N–H and O–H groups in total. The molecule has 1 heterocycles. The lowest BCUT2D eigenvalue weighted by molar-refractivity contribution is -0.137. The third kappa shape index (κ3) is 2.55. The third-order valence-electron chi connectivity index (χ3n) is 4.23. The topological polar surface area (TPSA) is 73.8 Å². The van der Waals surface area contributed by atoms with Gasteiger partial charge >= 0.3 is 6.18 Å². The van der Waals surface area contributed by atoms with Gasteiger partial charge in [-0.05, 0) is 25.0 Å².